The Labute approximate surface area is 108 Å². The molecule has 0 fully saturated rings. The number of anilines is 1. The van der Waals surface area contributed by atoms with E-state index in [9.17, 15) is 4.39 Å². The first kappa shape index (κ1) is 12.5. The number of hydrogen-bond acceptors (Lipinski definition) is 5. The van der Waals surface area contributed by atoms with Crippen molar-refractivity contribution in [2.45, 2.75) is 0 Å². The zero-order valence-electron chi connectivity index (χ0n) is 9.74. The Kier molecular flexibility index (Phi) is 3.57. The van der Waals surface area contributed by atoms with Gasteiger partial charge in [-0.3, -0.25) is 0 Å². The number of nitrogens with one attached hydrogen (secondary N) is 1. The van der Waals surface area contributed by atoms with E-state index >= 15 is 0 Å². The van der Waals surface area contributed by atoms with Gasteiger partial charge in [0.05, 0.1) is 7.11 Å². The molecule has 1 aromatic heterocycles. The van der Waals surface area contributed by atoms with Crippen LogP contribution in [0.25, 0.3) is 11.4 Å². The smallest absolute Gasteiger partial charge is 0.321 e. The van der Waals surface area contributed by atoms with Gasteiger partial charge in [0, 0.05) is 17.6 Å². The third-order valence-corrected chi connectivity index (χ3v) is 2.36. The summed E-state index contributed by atoms with van der Waals surface area (Å²) >= 11 is 5.79. The van der Waals surface area contributed by atoms with Gasteiger partial charge in [0.25, 0.3) is 0 Å². The second kappa shape index (κ2) is 5.14. The van der Waals surface area contributed by atoms with Gasteiger partial charge in [-0.05, 0) is 18.2 Å². The summed E-state index contributed by atoms with van der Waals surface area (Å²) in [7, 11) is 3.11. The van der Waals surface area contributed by atoms with Crippen molar-refractivity contribution in [3.63, 3.8) is 0 Å². The Morgan fingerprint density at radius 1 is 1.22 bits per heavy atom. The number of benzene rings is 1. The first-order valence-electron chi connectivity index (χ1n) is 5.06. The van der Waals surface area contributed by atoms with Crippen molar-refractivity contribution in [3.8, 4) is 17.4 Å². The molecule has 0 aliphatic rings. The first-order chi connectivity index (χ1) is 8.62. The van der Waals surface area contributed by atoms with Crippen molar-refractivity contribution in [1.82, 2.24) is 15.0 Å². The van der Waals surface area contributed by atoms with Crippen LogP contribution in [0.15, 0.2) is 18.2 Å². The Balaban J connectivity index is 2.55. The van der Waals surface area contributed by atoms with Gasteiger partial charge in [0.2, 0.25) is 5.95 Å². The number of aromatic nitrogens is 3. The largest absolute Gasteiger partial charge is 0.467 e. The molecule has 18 heavy (non-hydrogen) atoms. The minimum atomic E-state index is -0.456. The van der Waals surface area contributed by atoms with Gasteiger partial charge in [0.1, 0.15) is 5.82 Å². The van der Waals surface area contributed by atoms with Crippen LogP contribution in [0.5, 0.6) is 6.01 Å². The minimum absolute atomic E-state index is 0.143. The number of halogens is 2. The Morgan fingerprint density at radius 2 is 2.00 bits per heavy atom. The molecule has 0 aliphatic carbocycles. The van der Waals surface area contributed by atoms with E-state index in [0.717, 1.165) is 0 Å². The second-order valence-corrected chi connectivity index (χ2v) is 3.81. The van der Waals surface area contributed by atoms with Gasteiger partial charge >= 0.3 is 6.01 Å². The highest BCUT2D eigenvalue weighted by molar-refractivity contribution is 6.30. The quantitative estimate of drug-likeness (QED) is 0.926. The lowest BCUT2D eigenvalue weighted by molar-refractivity contribution is 0.379. The molecule has 1 aromatic carbocycles. The van der Waals surface area contributed by atoms with Crippen LogP contribution in [0.4, 0.5) is 10.3 Å². The third-order valence-electron chi connectivity index (χ3n) is 2.14. The predicted molar refractivity (Wildman–Crippen MR) is 66.3 cm³/mol. The van der Waals surface area contributed by atoms with E-state index in [2.05, 4.69) is 20.3 Å². The predicted octanol–water partition coefficient (Wildman–Crippen LogP) is 2.38. The number of rotatable bonds is 3. The average Bonchev–Trinajstić information content (AvgIpc) is 2.37. The third kappa shape index (κ3) is 2.65. The number of methoxy groups -OCH3 is 1. The highest BCUT2D eigenvalue weighted by Crippen LogP contribution is 2.23. The van der Waals surface area contributed by atoms with Crippen LogP contribution in [0.1, 0.15) is 0 Å². The van der Waals surface area contributed by atoms with Crippen LogP contribution in [0.2, 0.25) is 5.02 Å². The fourth-order valence-corrected chi connectivity index (χ4v) is 1.59. The van der Waals surface area contributed by atoms with Crippen LogP contribution < -0.4 is 10.1 Å². The van der Waals surface area contributed by atoms with Crippen LogP contribution in [0.3, 0.4) is 0 Å². The van der Waals surface area contributed by atoms with E-state index < -0.39 is 5.82 Å². The van der Waals surface area contributed by atoms with Gasteiger partial charge in [-0.15, -0.1) is 0 Å². The Morgan fingerprint density at radius 3 is 2.61 bits per heavy atom. The zero-order chi connectivity index (χ0) is 13.1. The highest BCUT2D eigenvalue weighted by atomic mass is 35.5. The van der Waals surface area contributed by atoms with Crippen molar-refractivity contribution in [1.29, 1.82) is 0 Å². The van der Waals surface area contributed by atoms with Gasteiger partial charge in [-0.2, -0.15) is 15.0 Å². The molecule has 0 unspecified atom stereocenters. The summed E-state index contributed by atoms with van der Waals surface area (Å²) < 4.78 is 18.2. The maximum atomic E-state index is 13.3. The molecule has 0 aliphatic heterocycles. The summed E-state index contributed by atoms with van der Waals surface area (Å²) in [5.41, 5.74) is 0.456. The Hall–Kier alpha value is -1.95. The molecule has 0 amide bonds. The molecule has 0 saturated heterocycles. The lowest BCUT2D eigenvalue weighted by Gasteiger charge is -2.06. The number of hydrogen-bond donors (Lipinski definition) is 1. The van der Waals surface area contributed by atoms with Crippen LogP contribution >= 0.6 is 11.6 Å². The molecule has 94 valence electrons. The molecule has 2 aromatic rings. The summed E-state index contributed by atoms with van der Waals surface area (Å²) in [4.78, 5) is 12.1. The number of nitrogens with zero attached hydrogens (tertiary/aromatic N) is 3. The Bertz CT molecular complexity index is 536. The van der Waals surface area contributed by atoms with Crippen molar-refractivity contribution >= 4 is 17.5 Å². The summed E-state index contributed by atoms with van der Waals surface area (Å²) in [5.74, 6) is 0.160. The molecule has 5 nitrogen and oxygen atoms in total. The number of ether oxygens (including phenoxy) is 1. The SMILES string of the molecule is CNc1nc(OC)nc(-c2cc(F)cc(Cl)c2)n1. The normalized spacial score (nSPS) is 10.2. The lowest BCUT2D eigenvalue weighted by Crippen LogP contribution is -2.03. The van der Waals surface area contributed by atoms with E-state index in [0.29, 0.717) is 11.5 Å². The van der Waals surface area contributed by atoms with E-state index in [-0.39, 0.29) is 16.9 Å². The summed E-state index contributed by atoms with van der Waals surface area (Å²) in [6.45, 7) is 0. The first-order valence-corrected chi connectivity index (χ1v) is 5.44. The summed E-state index contributed by atoms with van der Waals surface area (Å²) in [6.07, 6.45) is 0. The van der Waals surface area contributed by atoms with Crippen molar-refractivity contribution < 1.29 is 9.13 Å². The monoisotopic (exact) mass is 268 g/mol. The standard InChI is InChI=1S/C11H10ClFN4O/c1-14-10-15-9(16-11(17-10)18-2)6-3-7(12)5-8(13)4-6/h3-5H,1-2H3,(H,14,15,16,17). The molecule has 0 radical (unpaired) electrons. The maximum absolute atomic E-state index is 13.3. The second-order valence-electron chi connectivity index (χ2n) is 3.38. The van der Waals surface area contributed by atoms with Crippen LogP contribution in [-0.2, 0) is 0 Å². The summed E-state index contributed by atoms with van der Waals surface area (Å²) in [5, 5.41) is 3.05. The topological polar surface area (TPSA) is 59.9 Å². The maximum Gasteiger partial charge on any atom is 0.321 e. The van der Waals surface area contributed by atoms with Gasteiger partial charge < -0.3 is 10.1 Å². The zero-order valence-corrected chi connectivity index (χ0v) is 10.5. The van der Waals surface area contributed by atoms with Gasteiger partial charge in [-0.25, -0.2) is 4.39 Å². The van der Waals surface area contributed by atoms with E-state index in [1.807, 2.05) is 0 Å². The molecule has 7 heteroatoms. The average molecular weight is 269 g/mol. The minimum Gasteiger partial charge on any atom is -0.467 e. The molecule has 0 bridgehead atoms. The molecular formula is C11H10ClFN4O. The van der Waals surface area contributed by atoms with Crippen molar-refractivity contribution in [3.05, 3.63) is 29.0 Å². The van der Waals surface area contributed by atoms with E-state index in [4.69, 9.17) is 16.3 Å². The molecule has 2 rings (SSSR count). The van der Waals surface area contributed by atoms with Gasteiger partial charge in [0.15, 0.2) is 5.82 Å². The molecule has 0 saturated carbocycles. The van der Waals surface area contributed by atoms with E-state index in [1.54, 1.807) is 13.1 Å². The van der Waals surface area contributed by atoms with Gasteiger partial charge in [-0.1, -0.05) is 11.6 Å². The van der Waals surface area contributed by atoms with Crippen molar-refractivity contribution in [2.24, 2.45) is 0 Å². The van der Waals surface area contributed by atoms with E-state index in [1.165, 1.54) is 19.2 Å². The molecule has 1 N–H and O–H groups in total. The fourth-order valence-electron chi connectivity index (χ4n) is 1.37. The summed E-state index contributed by atoms with van der Waals surface area (Å²) in [6, 6.07) is 4.21. The van der Waals surface area contributed by atoms with Crippen molar-refractivity contribution in [2.75, 3.05) is 19.5 Å². The van der Waals surface area contributed by atoms with Crippen LogP contribution in [-0.4, -0.2) is 29.1 Å². The molecule has 1 heterocycles. The highest BCUT2D eigenvalue weighted by Gasteiger charge is 2.10. The van der Waals surface area contributed by atoms with Crippen LogP contribution in [0, 0.1) is 5.82 Å². The molecular weight excluding hydrogens is 259 g/mol. The molecule has 0 spiro atoms. The lowest BCUT2D eigenvalue weighted by atomic mass is 10.2. The molecule has 0 atom stereocenters. The fraction of sp³-hybridized carbons (Fsp3) is 0.182.